The van der Waals surface area contributed by atoms with E-state index >= 15 is 0 Å². The lowest BCUT2D eigenvalue weighted by molar-refractivity contribution is -0.123. The van der Waals surface area contributed by atoms with Crippen molar-refractivity contribution in [1.29, 1.82) is 0 Å². The highest BCUT2D eigenvalue weighted by Crippen LogP contribution is 2.54. The minimum absolute atomic E-state index is 0.0317. The molecule has 0 aromatic rings. The van der Waals surface area contributed by atoms with Crippen LogP contribution in [-0.4, -0.2) is 97.0 Å². The summed E-state index contributed by atoms with van der Waals surface area (Å²) in [4.78, 5) is 42.6. The molecule has 0 aromatic heterocycles. The molecular formula is C41H82F2N3O8PS. The van der Waals surface area contributed by atoms with Gasteiger partial charge in [0.1, 0.15) is 0 Å². The molecule has 0 aliphatic heterocycles. The zero-order valence-electron chi connectivity index (χ0n) is 35.4. The number of amides is 2. The second-order valence-electron chi connectivity index (χ2n) is 15.2. The fourth-order valence-corrected chi connectivity index (χ4v) is 7.67. The van der Waals surface area contributed by atoms with Crippen molar-refractivity contribution in [3.05, 3.63) is 0 Å². The van der Waals surface area contributed by atoms with E-state index < -0.39 is 32.3 Å². The van der Waals surface area contributed by atoms with Crippen LogP contribution in [0, 0.1) is 5.92 Å². The smallest absolute Gasteiger partial charge is 0.379 e. The van der Waals surface area contributed by atoms with Gasteiger partial charge in [0.15, 0.2) is 0 Å². The molecule has 0 rings (SSSR count). The van der Waals surface area contributed by atoms with E-state index in [0.717, 1.165) is 38.0 Å². The first-order chi connectivity index (χ1) is 26.9. The number of ether oxygens (including phenoxy) is 3. The molecule has 0 fully saturated rings. The van der Waals surface area contributed by atoms with Gasteiger partial charge in [-0.1, -0.05) is 143 Å². The maximum absolute atomic E-state index is 13.2. The number of alkyl halides is 2. The van der Waals surface area contributed by atoms with Crippen molar-refractivity contribution in [1.82, 2.24) is 10.6 Å². The number of nitrogens with two attached hydrogens (primary N) is 1. The van der Waals surface area contributed by atoms with Crippen LogP contribution in [0.4, 0.5) is 8.78 Å². The Morgan fingerprint density at radius 2 is 1.25 bits per heavy atom. The fourth-order valence-electron chi connectivity index (χ4n) is 6.28. The van der Waals surface area contributed by atoms with E-state index in [1.807, 2.05) is 0 Å². The summed E-state index contributed by atoms with van der Waals surface area (Å²) < 4.78 is 53.5. The minimum atomic E-state index is -5.52. The molecule has 0 aliphatic carbocycles. The van der Waals surface area contributed by atoms with E-state index in [9.17, 15) is 22.9 Å². The molecule has 56 heavy (non-hydrogen) atoms. The Labute approximate surface area is 343 Å². The van der Waals surface area contributed by atoms with Gasteiger partial charge in [0, 0.05) is 37.5 Å². The average Bonchev–Trinajstić information content (AvgIpc) is 3.16. The van der Waals surface area contributed by atoms with Gasteiger partial charge in [0.25, 0.3) is 0 Å². The first-order valence-corrected chi connectivity index (χ1v) is 24.7. The average molecular weight is 846 g/mol. The normalized spacial score (nSPS) is 13.3. The number of hydrogen-bond acceptors (Lipinski definition) is 8. The minimum Gasteiger partial charge on any atom is -0.379 e. The van der Waals surface area contributed by atoms with Crippen molar-refractivity contribution in [3.8, 4) is 0 Å². The molecule has 0 aliphatic rings. The van der Waals surface area contributed by atoms with E-state index in [1.54, 1.807) is 0 Å². The molecule has 0 unspecified atom stereocenters. The predicted octanol–water partition coefficient (Wildman–Crippen LogP) is 9.12. The van der Waals surface area contributed by atoms with Crippen molar-refractivity contribution in [2.45, 2.75) is 186 Å². The summed E-state index contributed by atoms with van der Waals surface area (Å²) >= 11 is 1.50. The highest BCUT2D eigenvalue weighted by atomic mass is 32.2. The fraction of sp³-hybridized carbons (Fsp3) is 0.951. The Kier molecular flexibility index (Phi) is 36.6. The quantitative estimate of drug-likeness (QED) is 0.0295. The van der Waals surface area contributed by atoms with Gasteiger partial charge < -0.3 is 40.4 Å². The van der Waals surface area contributed by atoms with Crippen LogP contribution in [0.25, 0.3) is 0 Å². The third kappa shape index (κ3) is 33.0. The summed E-state index contributed by atoms with van der Waals surface area (Å²) in [5, 5.41) is 5.86. The molecule has 2 atom stereocenters. The number of hydrogen-bond donors (Lipinski definition) is 5. The lowest BCUT2D eigenvalue weighted by Gasteiger charge is -2.20. The lowest BCUT2D eigenvalue weighted by atomic mass is 9.95. The summed E-state index contributed by atoms with van der Waals surface area (Å²) in [5.41, 5.74) is 1.99. The van der Waals surface area contributed by atoms with Crippen molar-refractivity contribution >= 4 is 31.2 Å². The van der Waals surface area contributed by atoms with E-state index in [0.29, 0.717) is 31.1 Å². The number of halogens is 2. The van der Waals surface area contributed by atoms with Gasteiger partial charge in [-0.3, -0.25) is 14.2 Å². The maximum Gasteiger partial charge on any atom is 0.394 e. The van der Waals surface area contributed by atoms with E-state index in [2.05, 4.69) is 31.4 Å². The molecule has 0 aromatic carbocycles. The molecule has 11 nitrogen and oxygen atoms in total. The zero-order chi connectivity index (χ0) is 41.8. The molecule has 0 heterocycles. The number of carbonyl (C=O) groups excluding carboxylic acids is 2. The molecule has 15 heteroatoms. The molecule has 0 saturated carbocycles. The standard InChI is InChI=1S/C41H82F2N3O8PS/c1-4-7-8-9-10-12-16-19-22-25-39(47)46-37(33-54-28-23-20-17-14-11-13-15-18-21-24-36(5-2)6-3)34-56-35-38(44)40(48)45-27-30-53-32-31-52-29-26-41(42,43)55(49,50)51/h36-38H,4-35,44H2,1-3H3,(H,45,48)(H,46,47)(H2,49,50,51)/t37-,38+/m1/s1. The van der Waals surface area contributed by atoms with Gasteiger partial charge in [-0.25, -0.2) is 0 Å². The van der Waals surface area contributed by atoms with E-state index in [-0.39, 0.29) is 44.2 Å². The Morgan fingerprint density at radius 1 is 0.714 bits per heavy atom. The highest BCUT2D eigenvalue weighted by molar-refractivity contribution is 7.99. The third-order valence-electron chi connectivity index (χ3n) is 10.1. The molecule has 6 N–H and O–H groups in total. The molecule has 0 saturated heterocycles. The van der Waals surface area contributed by atoms with Gasteiger partial charge >= 0.3 is 13.3 Å². The van der Waals surface area contributed by atoms with Crippen molar-refractivity contribution in [2.24, 2.45) is 11.7 Å². The maximum atomic E-state index is 13.2. The number of carbonyl (C=O) groups is 2. The molecular weight excluding hydrogens is 764 g/mol. The monoisotopic (exact) mass is 846 g/mol. The van der Waals surface area contributed by atoms with Crippen LogP contribution < -0.4 is 16.4 Å². The second kappa shape index (κ2) is 37.2. The second-order valence-corrected chi connectivity index (χ2v) is 18.0. The lowest BCUT2D eigenvalue weighted by Crippen LogP contribution is -2.44. The summed E-state index contributed by atoms with van der Waals surface area (Å²) in [6.07, 6.45) is 25.5. The Balaban J connectivity index is 4.37. The van der Waals surface area contributed by atoms with Crippen molar-refractivity contribution < 1.29 is 46.9 Å². The Hall–Kier alpha value is -0.860. The number of unbranched alkanes of at least 4 members (excludes halogenated alkanes) is 16. The van der Waals surface area contributed by atoms with Crippen LogP contribution >= 0.6 is 19.4 Å². The molecule has 2 amide bonds. The predicted molar refractivity (Wildman–Crippen MR) is 226 cm³/mol. The number of nitrogens with one attached hydrogen (secondary N) is 2. The van der Waals surface area contributed by atoms with Crippen LogP contribution in [0.5, 0.6) is 0 Å². The number of thioether (sulfide) groups is 1. The van der Waals surface area contributed by atoms with Crippen LogP contribution in [0.1, 0.15) is 168 Å². The Bertz CT molecular complexity index is 981. The SMILES string of the molecule is CCCCCCCCCCCC(=O)N[C@H](COCCCCCCCCCCCC(CC)CC)CSC[C@H](N)C(=O)NCCOCCOCCC(F)(F)P(=O)(O)O. The third-order valence-corrected chi connectivity index (χ3v) is 12.4. The number of rotatable bonds is 42. The van der Waals surface area contributed by atoms with E-state index in [1.165, 1.54) is 114 Å². The molecule has 0 bridgehead atoms. The summed E-state index contributed by atoms with van der Waals surface area (Å²) in [5.74, 6) is 1.54. The zero-order valence-corrected chi connectivity index (χ0v) is 37.1. The van der Waals surface area contributed by atoms with Crippen LogP contribution in [0.2, 0.25) is 0 Å². The molecule has 0 spiro atoms. The van der Waals surface area contributed by atoms with E-state index in [4.69, 9.17) is 29.7 Å². The topological polar surface area (TPSA) is 169 Å². The highest BCUT2D eigenvalue weighted by Gasteiger charge is 2.48. The summed E-state index contributed by atoms with van der Waals surface area (Å²) in [7, 11) is -5.52. The van der Waals surface area contributed by atoms with Crippen molar-refractivity contribution in [2.75, 3.05) is 57.7 Å². The van der Waals surface area contributed by atoms with Gasteiger partial charge in [0.2, 0.25) is 11.8 Å². The summed E-state index contributed by atoms with van der Waals surface area (Å²) in [6.45, 7) is 7.74. The van der Waals surface area contributed by atoms with Crippen molar-refractivity contribution in [3.63, 3.8) is 0 Å². The molecule has 0 radical (unpaired) electrons. The summed E-state index contributed by atoms with van der Waals surface area (Å²) in [6, 6.07) is -0.933. The van der Waals surface area contributed by atoms with Crippen LogP contribution in [-0.2, 0) is 28.4 Å². The van der Waals surface area contributed by atoms with Gasteiger partial charge in [-0.2, -0.15) is 20.5 Å². The first kappa shape index (κ1) is 55.1. The van der Waals surface area contributed by atoms with Gasteiger partial charge in [-0.05, 0) is 18.8 Å². The van der Waals surface area contributed by atoms with Gasteiger partial charge in [0.05, 0.1) is 45.1 Å². The first-order valence-electron chi connectivity index (χ1n) is 21.9. The van der Waals surface area contributed by atoms with Gasteiger partial charge in [-0.15, -0.1) is 0 Å². The van der Waals surface area contributed by atoms with Crippen LogP contribution in [0.3, 0.4) is 0 Å². The molecule has 334 valence electrons. The largest absolute Gasteiger partial charge is 0.394 e. The van der Waals surface area contributed by atoms with Crippen LogP contribution in [0.15, 0.2) is 0 Å². The Morgan fingerprint density at radius 3 is 1.82 bits per heavy atom.